The largest absolute Gasteiger partial charge is 0.218 e. The van der Waals surface area contributed by atoms with Gasteiger partial charge >= 0.3 is 0 Å². The zero-order valence-electron chi connectivity index (χ0n) is 6.30. The maximum absolute atomic E-state index is 10.7. The Morgan fingerprint density at radius 1 is 1.50 bits per heavy atom. The Labute approximate surface area is 74.9 Å². The highest BCUT2D eigenvalue weighted by Gasteiger charge is 2.10. The van der Waals surface area contributed by atoms with Gasteiger partial charge in [-0.2, -0.15) is 0 Å². The van der Waals surface area contributed by atoms with Gasteiger partial charge in [-0.1, -0.05) is 20.3 Å². The third-order valence-corrected chi connectivity index (χ3v) is 3.31. The molecule has 10 heavy (non-hydrogen) atoms. The lowest BCUT2D eigenvalue weighted by molar-refractivity contribution is 0.555. The first-order valence-corrected chi connectivity index (χ1v) is 7.57. The fraction of sp³-hybridized carbons (Fsp3) is 1.00. The maximum atomic E-state index is 10.7. The number of halogens is 1. The van der Waals surface area contributed by atoms with Gasteiger partial charge in [-0.25, -0.2) is 8.42 Å². The molecular weight excluding hydrogens is 263 g/mol. The number of rotatable bonds is 4. The van der Waals surface area contributed by atoms with Crippen LogP contribution in [0, 0.1) is 5.92 Å². The third kappa shape index (κ3) is 6.80. The van der Waals surface area contributed by atoms with Crippen LogP contribution in [0.5, 0.6) is 0 Å². The van der Waals surface area contributed by atoms with Crippen molar-refractivity contribution in [2.24, 2.45) is 5.92 Å². The van der Waals surface area contributed by atoms with Crippen molar-refractivity contribution in [2.45, 2.75) is 26.7 Å². The molecule has 0 amide bonds. The minimum atomic E-state index is -2.78. The van der Waals surface area contributed by atoms with Crippen molar-refractivity contribution in [3.8, 4) is 0 Å². The van der Waals surface area contributed by atoms with Crippen LogP contribution in [0.2, 0.25) is 0 Å². The normalized spacial score (nSPS) is 15.1. The molecule has 0 bridgehead atoms. The maximum Gasteiger partial charge on any atom is 0.203 e. The van der Waals surface area contributed by atoms with Gasteiger partial charge in [0.15, 0.2) is 0 Å². The van der Waals surface area contributed by atoms with Crippen molar-refractivity contribution < 1.29 is 8.42 Å². The Morgan fingerprint density at radius 3 is 2.30 bits per heavy atom. The quantitative estimate of drug-likeness (QED) is 0.582. The lowest BCUT2D eigenvalue weighted by Crippen LogP contribution is -2.07. The molecule has 0 spiro atoms. The molecule has 0 aromatic rings. The predicted molar refractivity (Wildman–Crippen MR) is 51.9 cm³/mol. The highest BCUT2D eigenvalue weighted by Crippen LogP contribution is 2.12. The minimum Gasteiger partial charge on any atom is -0.218 e. The van der Waals surface area contributed by atoms with Gasteiger partial charge in [-0.3, -0.25) is 0 Å². The topological polar surface area (TPSA) is 34.1 Å². The summed E-state index contributed by atoms with van der Waals surface area (Å²) in [5, 5.41) is 0. The summed E-state index contributed by atoms with van der Waals surface area (Å²) < 4.78 is 21.4. The van der Waals surface area contributed by atoms with Gasteiger partial charge in [0, 0.05) is 0 Å². The molecular formula is C6H13IO2S. The molecule has 62 valence electrons. The van der Waals surface area contributed by atoms with E-state index in [0.717, 1.165) is 12.8 Å². The van der Waals surface area contributed by atoms with E-state index in [9.17, 15) is 8.42 Å². The Balaban J connectivity index is 3.69. The summed E-state index contributed by atoms with van der Waals surface area (Å²) in [7, 11) is -2.78. The molecule has 1 atom stereocenters. The zero-order valence-corrected chi connectivity index (χ0v) is 9.28. The average Bonchev–Trinajstić information content (AvgIpc) is 1.59. The van der Waals surface area contributed by atoms with Gasteiger partial charge in [0.25, 0.3) is 0 Å². The molecule has 0 aliphatic carbocycles. The van der Waals surface area contributed by atoms with E-state index in [1.165, 1.54) is 21.2 Å². The third-order valence-electron chi connectivity index (χ3n) is 1.27. The second-order valence-electron chi connectivity index (χ2n) is 2.60. The molecule has 2 nitrogen and oxygen atoms in total. The molecule has 0 saturated carbocycles. The van der Waals surface area contributed by atoms with Gasteiger partial charge in [-0.15, -0.1) is 0 Å². The first-order chi connectivity index (χ1) is 4.45. The molecule has 0 fully saturated rings. The summed E-state index contributed by atoms with van der Waals surface area (Å²) in [6, 6.07) is 0. The first kappa shape index (κ1) is 10.7. The smallest absolute Gasteiger partial charge is 0.203 e. The van der Waals surface area contributed by atoms with E-state index in [1.807, 2.05) is 6.92 Å². The SMILES string of the molecule is CCCC(C)CS(=O)(=O)I. The van der Waals surface area contributed by atoms with E-state index < -0.39 is 7.01 Å². The van der Waals surface area contributed by atoms with Crippen molar-refractivity contribution in [2.75, 3.05) is 5.75 Å². The van der Waals surface area contributed by atoms with Crippen molar-refractivity contribution in [1.82, 2.24) is 0 Å². The summed E-state index contributed by atoms with van der Waals surface area (Å²) in [4.78, 5) is 0. The number of hydrogen-bond donors (Lipinski definition) is 0. The van der Waals surface area contributed by atoms with Crippen LogP contribution in [0.25, 0.3) is 0 Å². The van der Waals surface area contributed by atoms with Gasteiger partial charge in [0.2, 0.25) is 7.01 Å². The highest BCUT2D eigenvalue weighted by atomic mass is 127. The lowest BCUT2D eigenvalue weighted by Gasteiger charge is -2.05. The summed E-state index contributed by atoms with van der Waals surface area (Å²) in [6.45, 7) is 4.04. The van der Waals surface area contributed by atoms with Crippen LogP contribution >= 0.6 is 21.2 Å². The standard InChI is InChI=1S/C6H13IO2S/c1-3-4-6(2)5-10(7,8)9/h6H,3-5H2,1-2H3. The van der Waals surface area contributed by atoms with E-state index in [1.54, 1.807) is 0 Å². The Kier molecular flexibility index (Phi) is 4.84. The summed E-state index contributed by atoms with van der Waals surface area (Å²) in [6.07, 6.45) is 2.07. The second kappa shape index (κ2) is 4.54. The van der Waals surface area contributed by atoms with E-state index >= 15 is 0 Å². The summed E-state index contributed by atoms with van der Waals surface area (Å²) in [5.41, 5.74) is 0. The van der Waals surface area contributed by atoms with Crippen molar-refractivity contribution in [3.63, 3.8) is 0 Å². The molecule has 1 unspecified atom stereocenters. The monoisotopic (exact) mass is 276 g/mol. The first-order valence-electron chi connectivity index (χ1n) is 3.38. The lowest BCUT2D eigenvalue weighted by atomic mass is 10.1. The van der Waals surface area contributed by atoms with Gasteiger partial charge in [-0.05, 0) is 12.3 Å². The van der Waals surface area contributed by atoms with Gasteiger partial charge in [0.05, 0.1) is 27.0 Å². The van der Waals surface area contributed by atoms with Crippen molar-refractivity contribution in [1.29, 1.82) is 0 Å². The Hall–Kier alpha value is 0.680. The van der Waals surface area contributed by atoms with E-state index in [-0.39, 0.29) is 0 Å². The molecule has 4 heteroatoms. The molecule has 0 N–H and O–H groups in total. The van der Waals surface area contributed by atoms with Crippen LogP contribution in [0.4, 0.5) is 0 Å². The van der Waals surface area contributed by atoms with Crippen LogP contribution < -0.4 is 0 Å². The summed E-state index contributed by atoms with van der Waals surface area (Å²) in [5.74, 6) is 0.633. The second-order valence-corrected chi connectivity index (χ2v) is 8.04. The average molecular weight is 276 g/mol. The van der Waals surface area contributed by atoms with Crippen molar-refractivity contribution in [3.05, 3.63) is 0 Å². The van der Waals surface area contributed by atoms with Crippen LogP contribution in [0.1, 0.15) is 26.7 Å². The minimum absolute atomic E-state index is 0.312. The molecule has 0 heterocycles. The van der Waals surface area contributed by atoms with Gasteiger partial charge < -0.3 is 0 Å². The van der Waals surface area contributed by atoms with E-state index in [4.69, 9.17) is 0 Å². The van der Waals surface area contributed by atoms with Crippen molar-refractivity contribution >= 4 is 28.2 Å². The fourth-order valence-electron chi connectivity index (χ4n) is 0.916. The van der Waals surface area contributed by atoms with Crippen LogP contribution in [-0.4, -0.2) is 14.2 Å². The van der Waals surface area contributed by atoms with E-state index in [0.29, 0.717) is 11.7 Å². The fourth-order valence-corrected chi connectivity index (χ4v) is 3.60. The molecule has 0 saturated heterocycles. The highest BCUT2D eigenvalue weighted by molar-refractivity contribution is 14.2. The Bertz CT molecular complexity index is 174. The number of hydrogen-bond acceptors (Lipinski definition) is 2. The Morgan fingerprint density at radius 2 is 2.00 bits per heavy atom. The van der Waals surface area contributed by atoms with Crippen LogP contribution in [-0.2, 0) is 7.01 Å². The molecule has 0 aromatic heterocycles. The molecule has 0 rings (SSSR count). The predicted octanol–water partition coefficient (Wildman–Crippen LogP) is 2.19. The van der Waals surface area contributed by atoms with E-state index in [2.05, 4.69) is 6.92 Å². The van der Waals surface area contributed by atoms with Gasteiger partial charge in [0.1, 0.15) is 0 Å². The van der Waals surface area contributed by atoms with Crippen LogP contribution in [0.3, 0.4) is 0 Å². The molecule has 0 aliphatic heterocycles. The summed E-state index contributed by atoms with van der Waals surface area (Å²) >= 11 is 1.50. The molecule has 0 aromatic carbocycles. The molecule has 0 radical (unpaired) electrons. The van der Waals surface area contributed by atoms with Crippen LogP contribution in [0.15, 0.2) is 0 Å². The molecule has 0 aliphatic rings. The zero-order chi connectivity index (χ0) is 8.20.